The van der Waals surface area contributed by atoms with Crippen LogP contribution < -0.4 is 11.2 Å². The zero-order valence-corrected chi connectivity index (χ0v) is 10.9. The molecule has 0 saturated carbocycles. The maximum Gasteiger partial charge on any atom is 0.335 e. The van der Waals surface area contributed by atoms with Gasteiger partial charge in [0, 0.05) is 0 Å². The van der Waals surface area contributed by atoms with Gasteiger partial charge in [-0.3, -0.25) is 19.8 Å². The quantitative estimate of drug-likeness (QED) is 0.614. The van der Waals surface area contributed by atoms with E-state index in [9.17, 15) is 19.5 Å². The number of nitrogens with one attached hydrogen (secondary N) is 2. The Kier molecular flexibility index (Phi) is 3.70. The highest BCUT2D eigenvalue weighted by Crippen LogP contribution is 2.17. The topological polar surface area (TPSA) is 136 Å². The second kappa shape index (κ2) is 5.45. The molecule has 0 radical (unpaired) electrons. The van der Waals surface area contributed by atoms with Crippen LogP contribution in [0.2, 0.25) is 0 Å². The minimum absolute atomic E-state index is 0.0450. The lowest BCUT2D eigenvalue weighted by Gasteiger charge is -2.03. The number of carboxylic acids is 1. The molecular weight excluding hydrogens is 278 g/mol. The summed E-state index contributed by atoms with van der Waals surface area (Å²) in [7, 11) is 0. The van der Waals surface area contributed by atoms with Crippen molar-refractivity contribution in [2.24, 2.45) is 4.99 Å². The number of aromatic nitrogens is 2. The van der Waals surface area contributed by atoms with E-state index in [1.165, 1.54) is 25.1 Å². The fraction of sp³-hybridized carbons (Fsp3) is 0.0769. The smallest absolute Gasteiger partial charge is 0.335 e. The Bertz CT molecular complexity index is 847. The predicted molar refractivity (Wildman–Crippen MR) is 74.6 cm³/mol. The number of aromatic amines is 2. The molecule has 8 nitrogen and oxygen atoms in total. The molecule has 1 aromatic carbocycles. The van der Waals surface area contributed by atoms with Crippen molar-refractivity contribution in [1.82, 2.24) is 9.97 Å². The first kappa shape index (κ1) is 14.3. The molecule has 0 atom stereocenters. The van der Waals surface area contributed by atoms with E-state index in [1.807, 2.05) is 9.97 Å². The number of carboxylic acid groups (broad SMARTS) is 1. The monoisotopic (exact) mass is 289 g/mol. The molecule has 108 valence electrons. The molecule has 2 aromatic rings. The molecule has 21 heavy (non-hydrogen) atoms. The van der Waals surface area contributed by atoms with Crippen LogP contribution in [0, 0.1) is 0 Å². The van der Waals surface area contributed by atoms with E-state index in [0.29, 0.717) is 5.69 Å². The Morgan fingerprint density at radius 3 is 2.57 bits per heavy atom. The molecule has 0 unspecified atom stereocenters. The number of hydrogen-bond donors (Lipinski definition) is 4. The second-order valence-electron chi connectivity index (χ2n) is 4.18. The van der Waals surface area contributed by atoms with E-state index in [0.717, 1.165) is 0 Å². The van der Waals surface area contributed by atoms with Crippen molar-refractivity contribution in [2.45, 2.75) is 6.92 Å². The molecular formula is C13H11N3O5. The molecule has 0 aliphatic heterocycles. The van der Waals surface area contributed by atoms with E-state index in [4.69, 9.17) is 5.11 Å². The molecule has 0 saturated heterocycles. The van der Waals surface area contributed by atoms with Crippen molar-refractivity contribution in [3.63, 3.8) is 0 Å². The van der Waals surface area contributed by atoms with Gasteiger partial charge in [-0.25, -0.2) is 9.59 Å². The van der Waals surface area contributed by atoms with Crippen molar-refractivity contribution in [3.8, 4) is 5.88 Å². The third-order valence-corrected chi connectivity index (χ3v) is 2.67. The van der Waals surface area contributed by atoms with Gasteiger partial charge >= 0.3 is 11.7 Å². The molecule has 0 aliphatic rings. The number of aliphatic imine (C=N–C) groups is 1. The lowest BCUT2D eigenvalue weighted by molar-refractivity contribution is 0.0697. The van der Waals surface area contributed by atoms with Gasteiger partial charge in [-0.15, -0.1) is 0 Å². The lowest BCUT2D eigenvalue weighted by atomic mass is 10.2. The van der Waals surface area contributed by atoms with Crippen LogP contribution in [0.3, 0.4) is 0 Å². The number of carbonyl (C=O) groups is 1. The van der Waals surface area contributed by atoms with Crippen molar-refractivity contribution in [3.05, 3.63) is 56.2 Å². The van der Waals surface area contributed by atoms with Gasteiger partial charge in [-0.05, 0) is 25.1 Å². The highest BCUT2D eigenvalue weighted by Gasteiger charge is 2.12. The minimum atomic E-state index is -1.10. The zero-order chi connectivity index (χ0) is 15.6. The van der Waals surface area contributed by atoms with Gasteiger partial charge in [0.15, 0.2) is 0 Å². The van der Waals surface area contributed by atoms with Crippen LogP contribution in [0.5, 0.6) is 5.88 Å². The summed E-state index contributed by atoms with van der Waals surface area (Å²) in [5.41, 5.74) is -1.32. The molecule has 8 heteroatoms. The van der Waals surface area contributed by atoms with Crippen molar-refractivity contribution < 1.29 is 15.0 Å². The maximum absolute atomic E-state index is 11.7. The summed E-state index contributed by atoms with van der Waals surface area (Å²) in [6.07, 6.45) is 0. The van der Waals surface area contributed by atoms with Crippen LogP contribution in [0.15, 0.2) is 38.8 Å². The Morgan fingerprint density at radius 2 is 1.95 bits per heavy atom. The minimum Gasteiger partial charge on any atom is -0.494 e. The average Bonchev–Trinajstić information content (AvgIpc) is 2.37. The van der Waals surface area contributed by atoms with Crippen molar-refractivity contribution >= 4 is 17.4 Å². The molecule has 0 amide bonds. The van der Waals surface area contributed by atoms with E-state index < -0.39 is 23.1 Å². The average molecular weight is 289 g/mol. The summed E-state index contributed by atoms with van der Waals surface area (Å²) in [5.74, 6) is -1.70. The van der Waals surface area contributed by atoms with Gasteiger partial charge in [0.05, 0.1) is 17.0 Å². The lowest BCUT2D eigenvalue weighted by Crippen LogP contribution is -2.27. The van der Waals surface area contributed by atoms with Gasteiger partial charge in [0.2, 0.25) is 5.88 Å². The number of aromatic hydroxyl groups is 1. The third-order valence-electron chi connectivity index (χ3n) is 2.67. The fourth-order valence-electron chi connectivity index (χ4n) is 1.77. The summed E-state index contributed by atoms with van der Waals surface area (Å²) in [4.78, 5) is 41.6. The summed E-state index contributed by atoms with van der Waals surface area (Å²) >= 11 is 0. The summed E-state index contributed by atoms with van der Waals surface area (Å²) in [6.45, 7) is 1.45. The molecule has 0 spiro atoms. The number of hydrogen-bond acceptors (Lipinski definition) is 5. The number of benzene rings is 1. The van der Waals surface area contributed by atoms with Gasteiger partial charge in [0.1, 0.15) is 5.56 Å². The standard InChI is InChI=1S/C13H11N3O5/c1-6(9-10(17)15-13(21)16-11(9)18)14-8-4-2-3-7(5-8)12(19)20/h2-5H,1H3,(H,19,20)(H3,15,16,17,18,21). The first-order valence-corrected chi connectivity index (χ1v) is 5.83. The van der Waals surface area contributed by atoms with E-state index in [1.54, 1.807) is 6.07 Å². The molecule has 1 aromatic heterocycles. The Balaban J connectivity index is 2.52. The first-order chi connectivity index (χ1) is 9.88. The molecule has 2 rings (SSSR count). The normalized spacial score (nSPS) is 11.4. The predicted octanol–water partition coefficient (Wildman–Crippen LogP) is 0.608. The number of H-pyrrole nitrogens is 2. The molecule has 0 bridgehead atoms. The fourth-order valence-corrected chi connectivity index (χ4v) is 1.77. The Labute approximate surface area is 117 Å². The maximum atomic E-state index is 11.7. The van der Waals surface area contributed by atoms with Crippen molar-refractivity contribution in [1.29, 1.82) is 0 Å². The van der Waals surface area contributed by atoms with Gasteiger partial charge in [-0.1, -0.05) is 6.07 Å². The van der Waals surface area contributed by atoms with Gasteiger partial charge in [0.25, 0.3) is 5.56 Å². The van der Waals surface area contributed by atoms with Crippen molar-refractivity contribution in [2.75, 3.05) is 0 Å². The summed E-state index contributed by atoms with van der Waals surface area (Å²) < 4.78 is 0. The highest BCUT2D eigenvalue weighted by molar-refractivity contribution is 6.01. The van der Waals surface area contributed by atoms with Crippen LogP contribution in [0.25, 0.3) is 0 Å². The van der Waals surface area contributed by atoms with Crippen LogP contribution in [-0.2, 0) is 0 Å². The summed E-state index contributed by atoms with van der Waals surface area (Å²) in [5, 5.41) is 18.5. The molecule has 4 N–H and O–H groups in total. The van der Waals surface area contributed by atoms with E-state index in [2.05, 4.69) is 4.99 Å². The van der Waals surface area contributed by atoms with Crippen LogP contribution in [-0.4, -0.2) is 31.9 Å². The van der Waals surface area contributed by atoms with E-state index >= 15 is 0 Å². The SMILES string of the molecule is CC(=Nc1cccc(C(=O)O)c1)c1c(O)[nH]c(=O)[nH]c1=O. The largest absolute Gasteiger partial charge is 0.494 e. The highest BCUT2D eigenvalue weighted by atomic mass is 16.4. The van der Waals surface area contributed by atoms with E-state index in [-0.39, 0.29) is 16.8 Å². The summed E-state index contributed by atoms with van der Waals surface area (Å²) in [6, 6.07) is 5.78. The Hall–Kier alpha value is -3.16. The van der Waals surface area contributed by atoms with Crippen LogP contribution >= 0.6 is 0 Å². The Morgan fingerprint density at radius 1 is 1.24 bits per heavy atom. The van der Waals surface area contributed by atoms with Gasteiger partial charge in [-0.2, -0.15) is 0 Å². The number of rotatable bonds is 3. The zero-order valence-electron chi connectivity index (χ0n) is 10.9. The first-order valence-electron chi connectivity index (χ1n) is 5.83. The van der Waals surface area contributed by atoms with Gasteiger partial charge < -0.3 is 10.2 Å². The number of aromatic carboxylic acids is 1. The molecule has 0 aliphatic carbocycles. The molecule has 0 fully saturated rings. The second-order valence-corrected chi connectivity index (χ2v) is 4.18. The number of nitrogens with zero attached hydrogens (tertiary/aromatic N) is 1. The van der Waals surface area contributed by atoms with Crippen LogP contribution in [0.4, 0.5) is 5.69 Å². The molecule has 1 heterocycles. The van der Waals surface area contributed by atoms with Crippen LogP contribution in [0.1, 0.15) is 22.8 Å². The third kappa shape index (κ3) is 3.06.